The second kappa shape index (κ2) is 6.42. The van der Waals surface area contributed by atoms with E-state index in [1.54, 1.807) is 19.1 Å². The number of hydrogen-bond acceptors (Lipinski definition) is 7. The highest BCUT2D eigenvalue weighted by Crippen LogP contribution is 2.53. The number of amides is 1. The van der Waals surface area contributed by atoms with E-state index in [1.165, 1.54) is 12.8 Å². The summed E-state index contributed by atoms with van der Waals surface area (Å²) in [7, 11) is 0. The maximum Gasteiger partial charge on any atom is 0.316 e. The minimum atomic E-state index is -0.447. The van der Waals surface area contributed by atoms with Crippen molar-refractivity contribution >= 4 is 29.3 Å². The number of hydrogen-bond donors (Lipinski definition) is 2. The Morgan fingerprint density at radius 1 is 1.31 bits per heavy atom. The monoisotopic (exact) mass is 376 g/mol. The van der Waals surface area contributed by atoms with Gasteiger partial charge in [-0.05, 0) is 50.2 Å². The number of rotatable bonds is 4. The van der Waals surface area contributed by atoms with Crippen LogP contribution in [0.4, 0.5) is 11.8 Å². The zero-order valence-electron chi connectivity index (χ0n) is 14.5. The Balaban J connectivity index is 1.39. The van der Waals surface area contributed by atoms with Crippen molar-refractivity contribution in [2.75, 3.05) is 24.1 Å². The van der Waals surface area contributed by atoms with Crippen LogP contribution >= 0.6 is 11.6 Å². The molecule has 8 nitrogen and oxygen atoms in total. The molecule has 0 aromatic carbocycles. The molecule has 2 aromatic rings. The SMILES string of the molecule is C[C@@H](Nc1nnc(-c2ccc(Cl)nc2N)o1)C(=O)N1CCC2(CC1)CC2. The summed E-state index contributed by atoms with van der Waals surface area (Å²) in [5, 5.41) is 11.2. The Bertz CT molecular complexity index is 824. The van der Waals surface area contributed by atoms with Crippen molar-refractivity contribution in [2.45, 2.75) is 38.6 Å². The van der Waals surface area contributed by atoms with Crippen molar-refractivity contribution in [3.8, 4) is 11.5 Å². The molecule has 2 fully saturated rings. The van der Waals surface area contributed by atoms with Gasteiger partial charge in [0.05, 0.1) is 5.56 Å². The lowest BCUT2D eigenvalue weighted by Gasteiger charge is -2.33. The van der Waals surface area contributed by atoms with E-state index in [1.807, 2.05) is 4.90 Å². The van der Waals surface area contributed by atoms with Gasteiger partial charge in [-0.3, -0.25) is 4.79 Å². The summed E-state index contributed by atoms with van der Waals surface area (Å²) in [6.07, 6.45) is 4.85. The molecule has 1 saturated heterocycles. The lowest BCUT2D eigenvalue weighted by Crippen LogP contribution is -2.45. The van der Waals surface area contributed by atoms with E-state index in [0.29, 0.717) is 11.0 Å². The Morgan fingerprint density at radius 2 is 2.04 bits per heavy atom. The van der Waals surface area contributed by atoms with Crippen LogP contribution in [0.1, 0.15) is 32.6 Å². The van der Waals surface area contributed by atoms with Gasteiger partial charge in [-0.2, -0.15) is 0 Å². The summed E-state index contributed by atoms with van der Waals surface area (Å²) in [6, 6.07) is 2.99. The molecule has 2 aliphatic rings. The summed E-state index contributed by atoms with van der Waals surface area (Å²) < 4.78 is 5.57. The number of carbonyl (C=O) groups excluding carboxylic acids is 1. The number of nitrogens with two attached hydrogens (primary N) is 1. The summed E-state index contributed by atoms with van der Waals surface area (Å²) in [4.78, 5) is 18.5. The number of nitrogens with one attached hydrogen (secondary N) is 1. The highest BCUT2D eigenvalue weighted by Gasteiger charge is 2.45. The van der Waals surface area contributed by atoms with E-state index >= 15 is 0 Å². The van der Waals surface area contributed by atoms with E-state index < -0.39 is 6.04 Å². The van der Waals surface area contributed by atoms with Gasteiger partial charge in [0.2, 0.25) is 5.91 Å². The van der Waals surface area contributed by atoms with Gasteiger partial charge in [0.1, 0.15) is 17.0 Å². The molecule has 9 heteroatoms. The first-order valence-electron chi connectivity index (χ1n) is 8.77. The lowest BCUT2D eigenvalue weighted by molar-refractivity contribution is -0.133. The number of nitrogens with zero attached hydrogens (tertiary/aromatic N) is 4. The minimum absolute atomic E-state index is 0.0490. The van der Waals surface area contributed by atoms with Crippen LogP contribution in [-0.4, -0.2) is 45.1 Å². The maximum absolute atomic E-state index is 12.6. The number of halogens is 1. The van der Waals surface area contributed by atoms with Gasteiger partial charge >= 0.3 is 6.01 Å². The molecule has 1 atom stereocenters. The Morgan fingerprint density at radius 3 is 2.69 bits per heavy atom. The molecule has 1 aliphatic carbocycles. The molecular weight excluding hydrogens is 356 g/mol. The first-order valence-corrected chi connectivity index (χ1v) is 9.15. The Hall–Kier alpha value is -2.35. The van der Waals surface area contributed by atoms with Crippen LogP contribution in [0.15, 0.2) is 16.5 Å². The van der Waals surface area contributed by atoms with Gasteiger partial charge in [-0.25, -0.2) is 4.98 Å². The van der Waals surface area contributed by atoms with E-state index in [-0.39, 0.29) is 28.8 Å². The number of anilines is 2. The number of carbonyl (C=O) groups is 1. The first-order chi connectivity index (χ1) is 12.5. The van der Waals surface area contributed by atoms with Crippen LogP contribution in [0.2, 0.25) is 5.15 Å². The van der Waals surface area contributed by atoms with Gasteiger partial charge in [-0.1, -0.05) is 16.7 Å². The fourth-order valence-corrected chi connectivity index (χ4v) is 3.57. The van der Waals surface area contributed by atoms with Crippen molar-refractivity contribution in [1.29, 1.82) is 0 Å². The topological polar surface area (TPSA) is 110 Å². The van der Waals surface area contributed by atoms with Crippen LogP contribution in [0, 0.1) is 5.41 Å². The smallest absolute Gasteiger partial charge is 0.316 e. The summed E-state index contributed by atoms with van der Waals surface area (Å²) in [5.41, 5.74) is 6.87. The minimum Gasteiger partial charge on any atom is -0.403 e. The second-order valence-corrected chi connectivity index (χ2v) is 7.56. The molecule has 0 radical (unpaired) electrons. The molecule has 1 saturated carbocycles. The number of aromatic nitrogens is 3. The fourth-order valence-electron chi connectivity index (χ4n) is 3.42. The van der Waals surface area contributed by atoms with Gasteiger partial charge in [0.25, 0.3) is 5.89 Å². The summed E-state index contributed by atoms with van der Waals surface area (Å²) >= 11 is 5.80. The fraction of sp³-hybridized carbons (Fsp3) is 0.529. The van der Waals surface area contributed by atoms with Crippen molar-refractivity contribution in [2.24, 2.45) is 5.41 Å². The second-order valence-electron chi connectivity index (χ2n) is 7.17. The van der Waals surface area contributed by atoms with Crippen molar-refractivity contribution < 1.29 is 9.21 Å². The number of likely N-dealkylation sites (tertiary alicyclic amines) is 1. The van der Waals surface area contributed by atoms with E-state index in [2.05, 4.69) is 20.5 Å². The quantitative estimate of drug-likeness (QED) is 0.789. The highest BCUT2D eigenvalue weighted by molar-refractivity contribution is 6.29. The molecule has 1 spiro atoms. The zero-order chi connectivity index (χ0) is 18.3. The number of piperidine rings is 1. The molecule has 26 heavy (non-hydrogen) atoms. The lowest BCUT2D eigenvalue weighted by atomic mass is 9.93. The van der Waals surface area contributed by atoms with Crippen LogP contribution < -0.4 is 11.1 Å². The van der Waals surface area contributed by atoms with Crippen LogP contribution in [-0.2, 0) is 4.79 Å². The van der Waals surface area contributed by atoms with E-state index in [9.17, 15) is 4.79 Å². The van der Waals surface area contributed by atoms with Crippen LogP contribution in [0.5, 0.6) is 0 Å². The third kappa shape index (κ3) is 3.33. The average molecular weight is 377 g/mol. The normalized spacial score (nSPS) is 19.4. The van der Waals surface area contributed by atoms with E-state index in [0.717, 1.165) is 25.9 Å². The highest BCUT2D eigenvalue weighted by atomic mass is 35.5. The molecule has 3 N–H and O–H groups in total. The van der Waals surface area contributed by atoms with Crippen molar-refractivity contribution in [3.05, 3.63) is 17.3 Å². The largest absolute Gasteiger partial charge is 0.403 e. The average Bonchev–Trinajstić information content (AvgIpc) is 3.21. The molecule has 0 bridgehead atoms. The molecule has 2 aromatic heterocycles. The third-order valence-electron chi connectivity index (χ3n) is 5.35. The molecule has 0 unspecified atom stereocenters. The molecule has 1 aliphatic heterocycles. The first kappa shape index (κ1) is 17.1. The van der Waals surface area contributed by atoms with Crippen LogP contribution in [0.25, 0.3) is 11.5 Å². The summed E-state index contributed by atoms with van der Waals surface area (Å²) in [6.45, 7) is 3.45. The molecule has 4 rings (SSSR count). The zero-order valence-corrected chi connectivity index (χ0v) is 15.3. The standard InChI is InChI=1S/C17H21ClN6O2/c1-10(15(25)24-8-6-17(4-5-17)7-9-24)20-16-23-22-14(26-16)11-2-3-12(18)21-13(11)19/h2-3,10H,4-9H2,1H3,(H2,19,21)(H,20,23)/t10-/m1/s1. The third-order valence-corrected chi connectivity index (χ3v) is 5.56. The molecule has 1 amide bonds. The van der Waals surface area contributed by atoms with Gasteiger partial charge in [0, 0.05) is 13.1 Å². The molecular formula is C17H21ClN6O2. The predicted octanol–water partition coefficient (Wildman–Crippen LogP) is 2.57. The summed E-state index contributed by atoms with van der Waals surface area (Å²) in [5.74, 6) is 0.481. The Kier molecular flexibility index (Phi) is 4.22. The maximum atomic E-state index is 12.6. The van der Waals surface area contributed by atoms with Crippen LogP contribution in [0.3, 0.4) is 0 Å². The van der Waals surface area contributed by atoms with Crippen molar-refractivity contribution in [1.82, 2.24) is 20.1 Å². The molecule has 3 heterocycles. The number of nitrogen functional groups attached to an aromatic ring is 1. The Labute approximate surface area is 156 Å². The van der Waals surface area contributed by atoms with Gasteiger partial charge < -0.3 is 20.4 Å². The molecule has 138 valence electrons. The van der Waals surface area contributed by atoms with Gasteiger partial charge in [0.15, 0.2) is 0 Å². The van der Waals surface area contributed by atoms with Crippen molar-refractivity contribution in [3.63, 3.8) is 0 Å². The predicted molar refractivity (Wildman–Crippen MR) is 97.5 cm³/mol. The van der Waals surface area contributed by atoms with E-state index in [4.69, 9.17) is 21.8 Å². The van der Waals surface area contributed by atoms with Gasteiger partial charge in [-0.15, -0.1) is 5.10 Å². The number of pyridine rings is 1.